The van der Waals surface area contributed by atoms with Crippen LogP contribution in [0.1, 0.15) is 20.8 Å². The van der Waals surface area contributed by atoms with Crippen molar-refractivity contribution < 1.29 is 9.53 Å². The lowest BCUT2D eigenvalue weighted by Gasteiger charge is -2.34. The molecule has 0 aromatic heterocycles. The van der Waals surface area contributed by atoms with Gasteiger partial charge in [0, 0.05) is 13.1 Å². The predicted octanol–water partition coefficient (Wildman–Crippen LogP) is 0.0872. The first-order valence-corrected chi connectivity index (χ1v) is 5.94. The van der Waals surface area contributed by atoms with Crippen LogP contribution in [0.2, 0.25) is 0 Å². The van der Waals surface area contributed by atoms with Crippen LogP contribution in [0.4, 0.5) is 4.79 Å². The van der Waals surface area contributed by atoms with Crippen molar-refractivity contribution in [3.63, 3.8) is 0 Å². The van der Waals surface area contributed by atoms with Crippen molar-refractivity contribution in [1.82, 2.24) is 8.78 Å². The summed E-state index contributed by atoms with van der Waals surface area (Å²) in [5, 5.41) is 0. The van der Waals surface area contributed by atoms with Gasteiger partial charge in [-0.25, -0.2) is 4.79 Å². The van der Waals surface area contributed by atoms with Gasteiger partial charge in [-0.15, -0.1) is 0 Å². The Kier molecular flexibility index (Phi) is 3.82. The average Bonchev–Trinajstić information content (AvgIpc) is 2.02. The molecule has 1 saturated heterocycles. The standard InChI is InChI=1S/C9H17N2O2.Al.2H/c1-9(2,3)13-8(12)11-6-4-10-5-7-11;;;/h4-7H2,1-3H3;;;/q-1;+1;;. The SMILES string of the molecule is CC(C)(C)OC(=O)N1CC[N]([AlH2])CC1. The maximum absolute atomic E-state index is 11.6. The molecule has 1 aliphatic heterocycles. The molecule has 0 aromatic rings. The van der Waals surface area contributed by atoms with Crippen molar-refractivity contribution in [3.05, 3.63) is 0 Å². The summed E-state index contributed by atoms with van der Waals surface area (Å²) in [4.78, 5) is 13.4. The van der Waals surface area contributed by atoms with Gasteiger partial charge in [0.15, 0.2) is 0 Å². The Hall–Kier alpha value is -0.238. The fourth-order valence-electron chi connectivity index (χ4n) is 1.32. The summed E-state index contributed by atoms with van der Waals surface area (Å²) in [6.45, 7) is 9.28. The summed E-state index contributed by atoms with van der Waals surface area (Å²) in [6, 6.07) is 0. The van der Waals surface area contributed by atoms with E-state index in [1.165, 1.54) is 0 Å². The highest BCUT2D eigenvalue weighted by atomic mass is 27.1. The molecule has 0 N–H and O–H groups in total. The zero-order valence-electron chi connectivity index (χ0n) is 9.54. The Morgan fingerprint density at radius 1 is 1.21 bits per heavy atom. The van der Waals surface area contributed by atoms with E-state index in [0.717, 1.165) is 42.7 Å². The third-order valence-corrected chi connectivity index (χ3v) is 3.05. The van der Waals surface area contributed by atoms with Gasteiger partial charge in [0.05, 0.1) is 0 Å². The van der Waals surface area contributed by atoms with E-state index in [-0.39, 0.29) is 11.7 Å². The third-order valence-electron chi connectivity index (χ3n) is 2.15. The quantitative estimate of drug-likeness (QED) is 0.536. The van der Waals surface area contributed by atoms with E-state index in [4.69, 9.17) is 4.74 Å². The number of carbonyl (C=O) groups excluding carboxylic acids is 1. The maximum atomic E-state index is 11.6. The normalized spacial score (nSPS) is 19.5. The molecule has 1 amide bonds. The van der Waals surface area contributed by atoms with Crippen molar-refractivity contribution in [2.24, 2.45) is 0 Å². The molecule has 0 atom stereocenters. The van der Waals surface area contributed by atoms with Gasteiger partial charge in [-0.3, -0.25) is 0 Å². The second kappa shape index (κ2) is 4.52. The largest absolute Gasteiger partial charge is 0.444 e. The van der Waals surface area contributed by atoms with Crippen LogP contribution >= 0.6 is 0 Å². The highest BCUT2D eigenvalue weighted by Gasteiger charge is 2.24. The van der Waals surface area contributed by atoms with Gasteiger partial charge in [-0.2, -0.15) is 0 Å². The Morgan fingerprint density at radius 3 is 2.14 bits per heavy atom. The summed E-state index contributed by atoms with van der Waals surface area (Å²) < 4.78 is 7.64. The fraction of sp³-hybridized carbons (Fsp3) is 0.889. The minimum absolute atomic E-state index is 0.174. The first-order chi connectivity index (χ1) is 6.38. The topological polar surface area (TPSA) is 32.8 Å². The molecule has 1 heterocycles. The number of ether oxygens (including phenoxy) is 1. The van der Waals surface area contributed by atoms with Crippen molar-refractivity contribution in [2.45, 2.75) is 26.4 Å². The van der Waals surface area contributed by atoms with Gasteiger partial charge in [0.2, 0.25) is 0 Å². The second-order valence-electron chi connectivity index (χ2n) is 4.77. The van der Waals surface area contributed by atoms with Gasteiger partial charge >= 0.3 is 22.6 Å². The smallest absolute Gasteiger partial charge is 0.410 e. The molecule has 0 bridgehead atoms. The molecule has 0 unspecified atom stereocenters. The van der Waals surface area contributed by atoms with Gasteiger partial charge < -0.3 is 13.5 Å². The van der Waals surface area contributed by atoms with Crippen LogP contribution in [0, 0.1) is 0 Å². The zero-order chi connectivity index (χ0) is 10.8. The highest BCUT2D eigenvalue weighted by molar-refractivity contribution is 6.04. The Labute approximate surface area is 93.8 Å². The summed E-state index contributed by atoms with van der Waals surface area (Å²) in [7, 11) is 0. The number of nitrogens with zero attached hydrogens (tertiary/aromatic N) is 2. The van der Waals surface area contributed by atoms with Crippen LogP contribution in [-0.4, -0.2) is 63.2 Å². The van der Waals surface area contributed by atoms with Gasteiger partial charge in [0.1, 0.15) is 5.60 Å². The van der Waals surface area contributed by atoms with E-state index in [2.05, 4.69) is 3.88 Å². The average molecular weight is 214 g/mol. The minimum atomic E-state index is -0.380. The minimum Gasteiger partial charge on any atom is -0.444 e. The van der Waals surface area contributed by atoms with E-state index >= 15 is 0 Å². The first-order valence-electron chi connectivity index (χ1n) is 5.05. The third kappa shape index (κ3) is 3.87. The van der Waals surface area contributed by atoms with Crippen molar-refractivity contribution in [3.8, 4) is 0 Å². The Morgan fingerprint density at radius 2 is 1.71 bits per heavy atom. The van der Waals surface area contributed by atoms with Crippen LogP contribution in [0.25, 0.3) is 0 Å². The maximum Gasteiger partial charge on any atom is 0.410 e. The molecule has 0 radical (unpaired) electrons. The van der Waals surface area contributed by atoms with Gasteiger partial charge in [-0.05, 0) is 33.9 Å². The Balaban J connectivity index is 2.38. The number of carbonyl (C=O) groups is 1. The molecule has 80 valence electrons. The summed E-state index contributed by atoms with van der Waals surface area (Å²) in [5.74, 6) is 0. The summed E-state index contributed by atoms with van der Waals surface area (Å²) >= 11 is 1.09. The lowest BCUT2D eigenvalue weighted by atomic mass is 10.2. The van der Waals surface area contributed by atoms with Gasteiger partial charge in [-0.1, -0.05) is 0 Å². The second-order valence-corrected chi connectivity index (χ2v) is 6.04. The molecule has 1 aliphatic rings. The van der Waals surface area contributed by atoms with E-state index < -0.39 is 0 Å². The molecule has 1 fully saturated rings. The zero-order valence-corrected chi connectivity index (χ0v) is 11.5. The molecule has 0 aromatic carbocycles. The van der Waals surface area contributed by atoms with E-state index in [1.807, 2.05) is 20.8 Å². The molecule has 4 nitrogen and oxygen atoms in total. The molecule has 14 heavy (non-hydrogen) atoms. The van der Waals surface area contributed by atoms with Crippen LogP contribution in [0.15, 0.2) is 0 Å². The number of amides is 1. The van der Waals surface area contributed by atoms with E-state index in [1.54, 1.807) is 4.90 Å². The molecule has 1 rings (SSSR count). The molecular formula is C9H19AlN2O2. The first kappa shape index (κ1) is 11.8. The number of rotatable bonds is 0. The molecule has 0 aliphatic carbocycles. The number of hydrogen-bond donors (Lipinski definition) is 0. The van der Waals surface area contributed by atoms with E-state index in [9.17, 15) is 4.79 Å². The monoisotopic (exact) mass is 214 g/mol. The number of hydrogen-bond acceptors (Lipinski definition) is 3. The predicted molar refractivity (Wildman–Crippen MR) is 57.9 cm³/mol. The molecule has 0 spiro atoms. The summed E-state index contributed by atoms with van der Waals surface area (Å²) in [5.41, 5.74) is -0.380. The Bertz CT molecular complexity index is 207. The van der Waals surface area contributed by atoms with Crippen LogP contribution in [-0.2, 0) is 4.74 Å². The molecule has 5 heteroatoms. The van der Waals surface area contributed by atoms with E-state index in [0.29, 0.717) is 0 Å². The fourth-order valence-corrected chi connectivity index (χ4v) is 1.72. The van der Waals surface area contributed by atoms with Crippen LogP contribution in [0.5, 0.6) is 0 Å². The molecular weight excluding hydrogens is 195 g/mol. The number of piperazine rings is 1. The van der Waals surface area contributed by atoms with Gasteiger partial charge in [0.25, 0.3) is 0 Å². The lowest BCUT2D eigenvalue weighted by molar-refractivity contribution is 0.0194. The van der Waals surface area contributed by atoms with Crippen molar-refractivity contribution >= 4 is 22.6 Å². The van der Waals surface area contributed by atoms with Crippen molar-refractivity contribution in [1.29, 1.82) is 0 Å². The lowest BCUT2D eigenvalue weighted by Crippen LogP contribution is -2.49. The summed E-state index contributed by atoms with van der Waals surface area (Å²) in [6.07, 6.45) is -0.174. The van der Waals surface area contributed by atoms with Crippen LogP contribution in [0.3, 0.4) is 0 Å². The molecule has 0 saturated carbocycles. The van der Waals surface area contributed by atoms with Crippen molar-refractivity contribution in [2.75, 3.05) is 26.2 Å². The highest BCUT2D eigenvalue weighted by Crippen LogP contribution is 2.10. The van der Waals surface area contributed by atoms with Crippen LogP contribution < -0.4 is 0 Å².